The predicted molar refractivity (Wildman–Crippen MR) is 45.3 cm³/mol. The molecule has 0 aromatic carbocycles. The first kappa shape index (κ1) is 10.4. The molecule has 0 spiro atoms. The van der Waals surface area contributed by atoms with Gasteiger partial charge in [-0.2, -0.15) is 0 Å². The van der Waals surface area contributed by atoms with Crippen LogP contribution in [0.5, 0.6) is 0 Å². The van der Waals surface area contributed by atoms with Gasteiger partial charge in [-0.3, -0.25) is 9.69 Å². The van der Waals surface area contributed by atoms with Gasteiger partial charge < -0.3 is 15.3 Å². The van der Waals surface area contributed by atoms with Crippen LogP contribution < -0.4 is 0 Å². The van der Waals surface area contributed by atoms with E-state index in [1.165, 1.54) is 0 Å². The summed E-state index contributed by atoms with van der Waals surface area (Å²) in [5.41, 5.74) is 0. The number of aliphatic hydroxyl groups excluding tert-OH is 2. The minimum atomic E-state index is -1.16. The first-order valence-corrected chi connectivity index (χ1v) is 4.41. The Morgan fingerprint density at radius 1 is 1.54 bits per heavy atom. The summed E-state index contributed by atoms with van der Waals surface area (Å²) < 4.78 is 0. The number of rotatable bonds is 3. The second-order valence-corrected chi connectivity index (χ2v) is 3.34. The molecule has 1 aliphatic rings. The van der Waals surface area contributed by atoms with Crippen molar-refractivity contribution in [2.75, 3.05) is 13.1 Å². The Balaban J connectivity index is 2.68. The second-order valence-electron chi connectivity index (χ2n) is 3.34. The van der Waals surface area contributed by atoms with Crippen LogP contribution >= 0.6 is 0 Å². The Morgan fingerprint density at radius 2 is 2.15 bits per heavy atom. The standard InChI is InChI=1S/C8H15NO4/c1-2-3-9-4-5(10)7(11)6(9)8(12)13/h5-7,10-11H,2-4H2,1H3,(H,12,13). The van der Waals surface area contributed by atoms with Crippen molar-refractivity contribution < 1.29 is 20.1 Å². The van der Waals surface area contributed by atoms with E-state index in [1.54, 1.807) is 4.90 Å². The van der Waals surface area contributed by atoms with E-state index in [2.05, 4.69) is 0 Å². The van der Waals surface area contributed by atoms with Crippen molar-refractivity contribution in [3.05, 3.63) is 0 Å². The molecule has 3 atom stereocenters. The van der Waals surface area contributed by atoms with Crippen molar-refractivity contribution in [1.82, 2.24) is 4.90 Å². The van der Waals surface area contributed by atoms with E-state index in [0.29, 0.717) is 6.54 Å². The molecule has 1 saturated heterocycles. The van der Waals surface area contributed by atoms with E-state index >= 15 is 0 Å². The third-order valence-corrected chi connectivity index (χ3v) is 2.30. The number of nitrogens with zero attached hydrogens (tertiary/aromatic N) is 1. The maximum Gasteiger partial charge on any atom is 0.323 e. The maximum absolute atomic E-state index is 10.7. The summed E-state index contributed by atoms with van der Waals surface area (Å²) in [5.74, 6) is -1.07. The molecule has 0 bridgehead atoms. The lowest BCUT2D eigenvalue weighted by atomic mass is 10.1. The number of aliphatic hydroxyl groups is 2. The van der Waals surface area contributed by atoms with Gasteiger partial charge in [-0.05, 0) is 13.0 Å². The van der Waals surface area contributed by atoms with Crippen molar-refractivity contribution in [3.8, 4) is 0 Å². The SMILES string of the molecule is CCCN1CC(O)C(O)C1C(=O)O. The normalized spacial score (nSPS) is 35.2. The molecule has 0 aromatic rings. The van der Waals surface area contributed by atoms with Crippen molar-refractivity contribution in [1.29, 1.82) is 0 Å². The zero-order valence-corrected chi connectivity index (χ0v) is 7.55. The fourth-order valence-electron chi connectivity index (χ4n) is 1.71. The maximum atomic E-state index is 10.7. The lowest BCUT2D eigenvalue weighted by Crippen LogP contribution is -2.42. The molecule has 1 heterocycles. The highest BCUT2D eigenvalue weighted by Gasteiger charge is 2.43. The van der Waals surface area contributed by atoms with Crippen LogP contribution in [-0.2, 0) is 4.79 Å². The summed E-state index contributed by atoms with van der Waals surface area (Å²) in [6.07, 6.45) is -1.29. The molecule has 3 unspecified atom stereocenters. The summed E-state index contributed by atoms with van der Waals surface area (Å²) in [6, 6.07) is -0.949. The molecule has 13 heavy (non-hydrogen) atoms. The molecule has 0 aliphatic carbocycles. The van der Waals surface area contributed by atoms with Gasteiger partial charge in [-0.15, -0.1) is 0 Å². The van der Waals surface area contributed by atoms with E-state index in [-0.39, 0.29) is 6.54 Å². The van der Waals surface area contributed by atoms with Crippen LogP contribution in [0, 0.1) is 0 Å². The van der Waals surface area contributed by atoms with E-state index in [1.807, 2.05) is 6.92 Å². The number of carboxylic acid groups (broad SMARTS) is 1. The van der Waals surface area contributed by atoms with Crippen LogP contribution in [0.3, 0.4) is 0 Å². The van der Waals surface area contributed by atoms with Gasteiger partial charge in [0.15, 0.2) is 0 Å². The van der Waals surface area contributed by atoms with Gasteiger partial charge in [0.1, 0.15) is 12.1 Å². The first-order valence-electron chi connectivity index (χ1n) is 4.41. The number of likely N-dealkylation sites (tertiary alicyclic amines) is 1. The van der Waals surface area contributed by atoms with Crippen LogP contribution in [0.2, 0.25) is 0 Å². The number of carbonyl (C=O) groups is 1. The fourth-order valence-corrected chi connectivity index (χ4v) is 1.71. The van der Waals surface area contributed by atoms with Crippen molar-refractivity contribution >= 4 is 5.97 Å². The lowest BCUT2D eigenvalue weighted by Gasteiger charge is -2.20. The Labute approximate surface area is 76.6 Å². The molecule has 0 aromatic heterocycles. The molecule has 0 saturated carbocycles. The summed E-state index contributed by atoms with van der Waals surface area (Å²) in [6.45, 7) is 2.76. The predicted octanol–water partition coefficient (Wildman–Crippen LogP) is -1.11. The Hall–Kier alpha value is -0.650. The fraction of sp³-hybridized carbons (Fsp3) is 0.875. The number of carboxylic acids is 1. The number of hydrogen-bond acceptors (Lipinski definition) is 4. The third kappa shape index (κ3) is 1.99. The topological polar surface area (TPSA) is 81.0 Å². The molecule has 1 rings (SSSR count). The van der Waals surface area contributed by atoms with E-state index in [4.69, 9.17) is 5.11 Å². The average molecular weight is 189 g/mol. The molecular formula is C8H15NO4. The highest BCUT2D eigenvalue weighted by atomic mass is 16.4. The quantitative estimate of drug-likeness (QED) is 0.524. The van der Waals surface area contributed by atoms with Gasteiger partial charge in [0.25, 0.3) is 0 Å². The minimum absolute atomic E-state index is 0.242. The Morgan fingerprint density at radius 3 is 2.62 bits per heavy atom. The van der Waals surface area contributed by atoms with Gasteiger partial charge in [-0.25, -0.2) is 0 Å². The van der Waals surface area contributed by atoms with Gasteiger partial charge in [-0.1, -0.05) is 6.92 Å². The number of β-amino-alcohol motifs (C(OH)–C–C–N with tert-alkyl or cyclic N) is 1. The molecule has 1 fully saturated rings. The molecule has 0 amide bonds. The summed E-state index contributed by atoms with van der Waals surface area (Å²) in [7, 11) is 0. The average Bonchev–Trinajstić information content (AvgIpc) is 2.28. The van der Waals surface area contributed by atoms with Crippen molar-refractivity contribution in [2.24, 2.45) is 0 Å². The number of aliphatic carboxylic acids is 1. The third-order valence-electron chi connectivity index (χ3n) is 2.30. The van der Waals surface area contributed by atoms with E-state index < -0.39 is 24.2 Å². The van der Waals surface area contributed by atoms with E-state index in [0.717, 1.165) is 6.42 Å². The minimum Gasteiger partial charge on any atom is -0.480 e. The number of hydrogen-bond donors (Lipinski definition) is 3. The van der Waals surface area contributed by atoms with Crippen LogP contribution in [0.15, 0.2) is 0 Å². The van der Waals surface area contributed by atoms with E-state index in [9.17, 15) is 15.0 Å². The zero-order valence-electron chi connectivity index (χ0n) is 7.55. The van der Waals surface area contributed by atoms with Crippen molar-refractivity contribution in [2.45, 2.75) is 31.6 Å². The molecule has 5 heteroatoms. The highest BCUT2D eigenvalue weighted by molar-refractivity contribution is 5.75. The molecule has 5 nitrogen and oxygen atoms in total. The van der Waals surface area contributed by atoms with Crippen LogP contribution in [0.4, 0.5) is 0 Å². The second kappa shape index (κ2) is 4.04. The van der Waals surface area contributed by atoms with Crippen LogP contribution in [0.1, 0.15) is 13.3 Å². The molecule has 0 radical (unpaired) electrons. The molecular weight excluding hydrogens is 174 g/mol. The van der Waals surface area contributed by atoms with Gasteiger partial charge in [0, 0.05) is 6.54 Å². The van der Waals surface area contributed by atoms with Crippen molar-refractivity contribution in [3.63, 3.8) is 0 Å². The van der Waals surface area contributed by atoms with Gasteiger partial charge in [0.2, 0.25) is 0 Å². The van der Waals surface area contributed by atoms with Gasteiger partial charge in [0.05, 0.1) is 6.10 Å². The lowest BCUT2D eigenvalue weighted by molar-refractivity contribution is -0.145. The van der Waals surface area contributed by atoms with Gasteiger partial charge >= 0.3 is 5.97 Å². The highest BCUT2D eigenvalue weighted by Crippen LogP contribution is 2.18. The molecule has 1 aliphatic heterocycles. The zero-order chi connectivity index (χ0) is 10.0. The smallest absolute Gasteiger partial charge is 0.323 e. The Kier molecular flexibility index (Phi) is 3.24. The molecule has 76 valence electrons. The largest absolute Gasteiger partial charge is 0.480 e. The Bertz CT molecular complexity index is 197. The first-order chi connectivity index (χ1) is 6.07. The summed E-state index contributed by atoms with van der Waals surface area (Å²) >= 11 is 0. The summed E-state index contributed by atoms with van der Waals surface area (Å²) in [4.78, 5) is 12.3. The summed E-state index contributed by atoms with van der Waals surface area (Å²) in [5, 5.41) is 27.4. The van der Waals surface area contributed by atoms with Crippen LogP contribution in [0.25, 0.3) is 0 Å². The molecule has 3 N–H and O–H groups in total. The monoisotopic (exact) mass is 189 g/mol. The van der Waals surface area contributed by atoms with Crippen LogP contribution in [-0.4, -0.2) is 57.5 Å².